The van der Waals surface area contributed by atoms with Crippen molar-refractivity contribution in [3.8, 4) is 5.75 Å². The quantitative estimate of drug-likeness (QED) is 0.226. The van der Waals surface area contributed by atoms with Crippen molar-refractivity contribution in [1.29, 1.82) is 0 Å². The Kier molecular flexibility index (Phi) is 7.50. The number of rotatable bonds is 6. The molecule has 1 heterocycles. The molecule has 31 heavy (non-hydrogen) atoms. The summed E-state index contributed by atoms with van der Waals surface area (Å²) in [6.45, 7) is 2.93. The fourth-order valence-corrected chi connectivity index (χ4v) is 4.12. The molecule has 1 fully saturated rings. The van der Waals surface area contributed by atoms with Gasteiger partial charge in [0.1, 0.15) is 12.3 Å². The van der Waals surface area contributed by atoms with Gasteiger partial charge in [0.05, 0.1) is 16.6 Å². The van der Waals surface area contributed by atoms with Gasteiger partial charge in [0.2, 0.25) is 0 Å². The Bertz CT molecular complexity index is 1080. The first-order valence-corrected chi connectivity index (χ1v) is 11.2. The van der Waals surface area contributed by atoms with Crippen LogP contribution in [0.25, 0.3) is 6.08 Å². The van der Waals surface area contributed by atoms with Gasteiger partial charge in [-0.05, 0) is 84.1 Å². The summed E-state index contributed by atoms with van der Waals surface area (Å²) >= 11 is 2.80. The van der Waals surface area contributed by atoms with Gasteiger partial charge in [0.15, 0.2) is 0 Å². The number of carbonyl (C=O) groups excluding carboxylic acids is 4. The van der Waals surface area contributed by atoms with Crippen LogP contribution in [0.4, 0.5) is 4.79 Å². The molecule has 0 aromatic heterocycles. The number of amides is 2. The second kappa shape index (κ2) is 10.1. The van der Waals surface area contributed by atoms with Crippen LogP contribution in [0.5, 0.6) is 5.75 Å². The van der Waals surface area contributed by atoms with Crippen LogP contribution in [-0.4, -0.2) is 40.6 Å². The van der Waals surface area contributed by atoms with E-state index in [2.05, 4.69) is 22.6 Å². The summed E-state index contributed by atoms with van der Waals surface area (Å²) in [5.74, 6) is -1.41. The van der Waals surface area contributed by atoms with Gasteiger partial charge in [-0.3, -0.25) is 19.3 Å². The van der Waals surface area contributed by atoms with Gasteiger partial charge in [-0.15, -0.1) is 0 Å². The second-order valence-corrected chi connectivity index (χ2v) is 8.90. The zero-order valence-corrected chi connectivity index (χ0v) is 19.6. The molecule has 0 aliphatic carbocycles. The van der Waals surface area contributed by atoms with Crippen LogP contribution in [0.3, 0.4) is 0 Å². The molecule has 0 N–H and O–H groups in total. The van der Waals surface area contributed by atoms with Gasteiger partial charge in [0, 0.05) is 3.57 Å². The van der Waals surface area contributed by atoms with Crippen LogP contribution in [0.1, 0.15) is 29.8 Å². The average molecular weight is 551 g/mol. The van der Waals surface area contributed by atoms with E-state index in [1.165, 1.54) is 6.08 Å². The number of thioether (sulfide) groups is 1. The van der Waals surface area contributed by atoms with Crippen molar-refractivity contribution in [1.82, 2.24) is 4.90 Å². The maximum atomic E-state index is 12.5. The van der Waals surface area contributed by atoms with Crippen LogP contribution in [0.2, 0.25) is 0 Å². The lowest BCUT2D eigenvalue weighted by Gasteiger charge is -2.13. The Morgan fingerprint density at radius 2 is 1.87 bits per heavy atom. The Morgan fingerprint density at radius 1 is 1.13 bits per heavy atom. The second-order valence-electron chi connectivity index (χ2n) is 6.75. The molecule has 0 atom stereocenters. The Hall–Kier alpha value is -2.66. The fourth-order valence-electron chi connectivity index (χ4n) is 2.67. The van der Waals surface area contributed by atoms with E-state index in [1.54, 1.807) is 56.3 Å². The Balaban J connectivity index is 1.73. The molecule has 0 radical (unpaired) electrons. The smallest absolute Gasteiger partial charge is 0.344 e. The van der Waals surface area contributed by atoms with Gasteiger partial charge in [-0.2, -0.15) is 0 Å². The molecule has 1 aliphatic rings. The largest absolute Gasteiger partial charge is 0.462 e. The van der Waals surface area contributed by atoms with E-state index in [9.17, 15) is 19.2 Å². The summed E-state index contributed by atoms with van der Waals surface area (Å²) in [6, 6.07) is 13.7. The molecule has 3 rings (SSSR count). The van der Waals surface area contributed by atoms with Crippen molar-refractivity contribution in [2.75, 3.05) is 6.54 Å². The minimum absolute atomic E-state index is 0.170. The zero-order chi connectivity index (χ0) is 22.5. The van der Waals surface area contributed by atoms with Gasteiger partial charge in [-0.1, -0.05) is 24.3 Å². The van der Waals surface area contributed by atoms with Crippen molar-refractivity contribution < 1.29 is 28.7 Å². The SMILES string of the molecule is CC(C)OC(=O)CN1C(=O)S/C(=C\c2cccc(OC(=O)c3ccccc3I)c2)C1=O. The van der Waals surface area contributed by atoms with Gasteiger partial charge in [0.25, 0.3) is 11.1 Å². The predicted octanol–water partition coefficient (Wildman–Crippen LogP) is 4.50. The molecular formula is C22H18INO6S. The molecule has 0 saturated carbocycles. The summed E-state index contributed by atoms with van der Waals surface area (Å²) in [5.41, 5.74) is 1.02. The van der Waals surface area contributed by atoms with Crippen molar-refractivity contribution in [3.63, 3.8) is 0 Å². The predicted molar refractivity (Wildman–Crippen MR) is 124 cm³/mol. The zero-order valence-electron chi connectivity index (χ0n) is 16.7. The van der Waals surface area contributed by atoms with E-state index in [0.29, 0.717) is 16.9 Å². The van der Waals surface area contributed by atoms with Crippen molar-refractivity contribution in [2.24, 2.45) is 0 Å². The van der Waals surface area contributed by atoms with Crippen molar-refractivity contribution in [2.45, 2.75) is 20.0 Å². The molecule has 2 aromatic carbocycles. The van der Waals surface area contributed by atoms with E-state index in [1.807, 2.05) is 6.07 Å². The maximum absolute atomic E-state index is 12.5. The third-order valence-electron chi connectivity index (χ3n) is 3.99. The number of benzene rings is 2. The molecule has 7 nitrogen and oxygen atoms in total. The highest BCUT2D eigenvalue weighted by atomic mass is 127. The number of esters is 2. The van der Waals surface area contributed by atoms with Crippen LogP contribution in [0, 0.1) is 3.57 Å². The van der Waals surface area contributed by atoms with Crippen LogP contribution >= 0.6 is 34.4 Å². The number of imide groups is 1. The van der Waals surface area contributed by atoms with E-state index in [4.69, 9.17) is 9.47 Å². The molecule has 2 amide bonds. The monoisotopic (exact) mass is 551 g/mol. The normalized spacial score (nSPS) is 15.0. The topological polar surface area (TPSA) is 90.0 Å². The summed E-state index contributed by atoms with van der Waals surface area (Å²) in [4.78, 5) is 49.9. The Labute approximate surface area is 196 Å². The molecule has 9 heteroatoms. The van der Waals surface area contributed by atoms with E-state index in [0.717, 1.165) is 20.2 Å². The molecule has 160 valence electrons. The fraction of sp³-hybridized carbons (Fsp3) is 0.182. The molecule has 1 aliphatic heterocycles. The maximum Gasteiger partial charge on any atom is 0.344 e. The summed E-state index contributed by atoms with van der Waals surface area (Å²) < 4.78 is 11.2. The highest BCUT2D eigenvalue weighted by Crippen LogP contribution is 2.32. The molecule has 2 aromatic rings. The van der Waals surface area contributed by atoms with Crippen molar-refractivity contribution in [3.05, 3.63) is 68.1 Å². The molecule has 0 bridgehead atoms. The third kappa shape index (κ3) is 5.95. The summed E-state index contributed by atoms with van der Waals surface area (Å²) in [7, 11) is 0. The van der Waals surface area contributed by atoms with E-state index >= 15 is 0 Å². The highest BCUT2D eigenvalue weighted by molar-refractivity contribution is 14.1. The number of hydrogen-bond acceptors (Lipinski definition) is 7. The lowest BCUT2D eigenvalue weighted by Crippen LogP contribution is -2.35. The summed E-state index contributed by atoms with van der Waals surface area (Å²) in [6.07, 6.45) is 1.18. The van der Waals surface area contributed by atoms with E-state index in [-0.39, 0.29) is 11.0 Å². The Morgan fingerprint density at radius 3 is 2.58 bits per heavy atom. The lowest BCUT2D eigenvalue weighted by molar-refractivity contribution is -0.149. The number of carbonyl (C=O) groups is 4. The minimum Gasteiger partial charge on any atom is -0.462 e. The van der Waals surface area contributed by atoms with Crippen LogP contribution in [-0.2, 0) is 14.3 Å². The number of ether oxygens (including phenoxy) is 2. The first kappa shape index (κ1) is 23.0. The first-order chi connectivity index (χ1) is 14.7. The van der Waals surface area contributed by atoms with Crippen LogP contribution in [0.15, 0.2) is 53.4 Å². The number of nitrogens with zero attached hydrogens (tertiary/aromatic N) is 1. The number of hydrogen-bond donors (Lipinski definition) is 0. The molecule has 0 spiro atoms. The van der Waals surface area contributed by atoms with Gasteiger partial charge >= 0.3 is 11.9 Å². The highest BCUT2D eigenvalue weighted by Gasteiger charge is 2.36. The van der Waals surface area contributed by atoms with Gasteiger partial charge < -0.3 is 9.47 Å². The molecule has 1 saturated heterocycles. The number of halogens is 1. The van der Waals surface area contributed by atoms with Gasteiger partial charge in [-0.25, -0.2) is 4.79 Å². The van der Waals surface area contributed by atoms with E-state index < -0.39 is 29.6 Å². The average Bonchev–Trinajstić information content (AvgIpc) is 2.95. The standard InChI is InChI=1S/C22H18INO6S/c1-13(2)29-19(25)12-24-20(26)18(31-22(24)28)11-14-6-5-7-15(10-14)30-21(27)16-8-3-4-9-17(16)23/h3-11,13H,12H2,1-2H3/b18-11-. The minimum atomic E-state index is -0.650. The molecule has 0 unspecified atom stereocenters. The lowest BCUT2D eigenvalue weighted by atomic mass is 10.2. The first-order valence-electron chi connectivity index (χ1n) is 9.26. The van der Waals surface area contributed by atoms with Crippen LogP contribution < -0.4 is 4.74 Å². The summed E-state index contributed by atoms with van der Waals surface area (Å²) in [5, 5.41) is -0.543. The molecular weight excluding hydrogens is 533 g/mol. The third-order valence-corrected chi connectivity index (χ3v) is 5.84. The van der Waals surface area contributed by atoms with Crippen molar-refractivity contribution >= 4 is 63.5 Å².